The molecule has 1 aliphatic heterocycles. The monoisotopic (exact) mass is 364 g/mol. The lowest BCUT2D eigenvalue weighted by Gasteiger charge is -2.38. The van der Waals surface area contributed by atoms with Crippen molar-refractivity contribution in [1.29, 1.82) is 0 Å². The number of benzene rings is 1. The highest BCUT2D eigenvalue weighted by molar-refractivity contribution is 6.74. The Morgan fingerprint density at radius 3 is 2.32 bits per heavy atom. The van der Waals surface area contributed by atoms with E-state index in [1.54, 1.807) is 0 Å². The summed E-state index contributed by atoms with van der Waals surface area (Å²) < 4.78 is 6.15. The Balaban J connectivity index is 2.33. The number of hydrogen-bond acceptors (Lipinski definition) is 5. The molecule has 1 heterocycles. The first-order valence-corrected chi connectivity index (χ1v) is 11.4. The van der Waals surface area contributed by atoms with Gasteiger partial charge in [0.1, 0.15) is 6.10 Å². The van der Waals surface area contributed by atoms with Gasteiger partial charge in [0.05, 0.1) is 0 Å². The SMILES string of the molecule is CC1(N=O)[C@H](O)C(O[Si](C)(C)C(C)(C)C)C(=O)N1Cc1ccccc1. The van der Waals surface area contributed by atoms with Crippen LogP contribution < -0.4 is 0 Å². The van der Waals surface area contributed by atoms with Crippen LogP contribution >= 0.6 is 0 Å². The molecule has 0 aromatic heterocycles. The van der Waals surface area contributed by atoms with Crippen LogP contribution in [0.2, 0.25) is 18.1 Å². The Hall–Kier alpha value is -1.57. The number of rotatable bonds is 5. The summed E-state index contributed by atoms with van der Waals surface area (Å²) in [7, 11) is -2.30. The molecule has 1 fully saturated rings. The van der Waals surface area contributed by atoms with E-state index < -0.39 is 26.2 Å². The van der Waals surface area contributed by atoms with Crippen molar-refractivity contribution in [2.45, 2.75) is 70.2 Å². The van der Waals surface area contributed by atoms with Crippen LogP contribution in [0.15, 0.2) is 35.5 Å². The molecule has 7 heteroatoms. The molecule has 2 unspecified atom stereocenters. The number of aliphatic hydroxyl groups excluding tert-OH is 1. The highest BCUT2D eigenvalue weighted by atomic mass is 28.4. The summed E-state index contributed by atoms with van der Waals surface area (Å²) in [5, 5.41) is 13.7. The molecule has 0 radical (unpaired) electrons. The normalized spacial score (nSPS) is 27.6. The van der Waals surface area contributed by atoms with Gasteiger partial charge in [0.2, 0.25) is 5.66 Å². The third kappa shape index (κ3) is 3.54. The summed E-state index contributed by atoms with van der Waals surface area (Å²) in [4.78, 5) is 25.8. The Morgan fingerprint density at radius 2 is 1.84 bits per heavy atom. The van der Waals surface area contributed by atoms with Crippen molar-refractivity contribution >= 4 is 14.2 Å². The van der Waals surface area contributed by atoms with E-state index >= 15 is 0 Å². The van der Waals surface area contributed by atoms with Crippen LogP contribution in [0.3, 0.4) is 0 Å². The van der Waals surface area contributed by atoms with E-state index in [-0.39, 0.29) is 17.5 Å². The molecule has 1 amide bonds. The maximum Gasteiger partial charge on any atom is 0.255 e. The highest BCUT2D eigenvalue weighted by Gasteiger charge is 2.59. The lowest BCUT2D eigenvalue weighted by Crippen LogP contribution is -2.50. The van der Waals surface area contributed by atoms with E-state index in [4.69, 9.17) is 4.43 Å². The number of likely N-dealkylation sites (tertiary alicyclic amines) is 1. The first kappa shape index (κ1) is 19.7. The largest absolute Gasteiger partial charge is 0.403 e. The number of amides is 1. The van der Waals surface area contributed by atoms with Gasteiger partial charge in [0.15, 0.2) is 14.4 Å². The van der Waals surface area contributed by atoms with E-state index in [0.29, 0.717) is 0 Å². The summed E-state index contributed by atoms with van der Waals surface area (Å²) in [6, 6.07) is 9.34. The van der Waals surface area contributed by atoms with Crippen molar-refractivity contribution in [2.24, 2.45) is 5.18 Å². The second-order valence-corrected chi connectivity index (χ2v) is 13.1. The number of nitroso groups, excluding NO2 is 1. The third-order valence-electron chi connectivity index (χ3n) is 5.50. The fourth-order valence-electron chi connectivity index (χ4n) is 2.67. The van der Waals surface area contributed by atoms with Crippen molar-refractivity contribution < 1.29 is 14.3 Å². The van der Waals surface area contributed by atoms with Crippen LogP contribution in [0, 0.1) is 4.91 Å². The van der Waals surface area contributed by atoms with Crippen LogP contribution in [-0.2, 0) is 15.8 Å². The van der Waals surface area contributed by atoms with Gasteiger partial charge < -0.3 is 14.4 Å². The second kappa shape index (κ2) is 6.62. The maximum atomic E-state index is 13.0. The smallest absolute Gasteiger partial charge is 0.255 e. The van der Waals surface area contributed by atoms with Crippen LogP contribution in [0.1, 0.15) is 33.3 Å². The molecular weight excluding hydrogens is 336 g/mol. The Morgan fingerprint density at radius 1 is 1.28 bits per heavy atom. The zero-order valence-electron chi connectivity index (χ0n) is 15.8. The molecular formula is C18H28N2O4Si. The number of carbonyl (C=O) groups excluding carboxylic acids is 1. The van der Waals surface area contributed by atoms with Crippen LogP contribution in [-0.4, -0.2) is 42.1 Å². The van der Waals surface area contributed by atoms with Crippen molar-refractivity contribution in [2.75, 3.05) is 0 Å². The van der Waals surface area contributed by atoms with Crippen molar-refractivity contribution in [3.8, 4) is 0 Å². The molecule has 25 heavy (non-hydrogen) atoms. The van der Waals surface area contributed by atoms with Crippen LogP contribution in [0.4, 0.5) is 0 Å². The van der Waals surface area contributed by atoms with Crippen molar-refractivity contribution in [3.63, 3.8) is 0 Å². The fraction of sp³-hybridized carbons (Fsp3) is 0.611. The fourth-order valence-corrected chi connectivity index (χ4v) is 3.89. The number of hydrogen-bond donors (Lipinski definition) is 1. The lowest BCUT2D eigenvalue weighted by atomic mass is 10.1. The van der Waals surface area contributed by atoms with Gasteiger partial charge in [-0.2, -0.15) is 0 Å². The summed E-state index contributed by atoms with van der Waals surface area (Å²) in [6.07, 6.45) is -2.36. The first-order chi connectivity index (χ1) is 11.4. The molecule has 2 rings (SSSR count). The van der Waals surface area contributed by atoms with Gasteiger partial charge in [-0.25, -0.2) is 0 Å². The van der Waals surface area contributed by atoms with E-state index in [1.165, 1.54) is 11.8 Å². The zero-order valence-corrected chi connectivity index (χ0v) is 16.8. The summed E-state index contributed by atoms with van der Waals surface area (Å²) in [6.45, 7) is 11.9. The average molecular weight is 365 g/mol. The van der Waals surface area contributed by atoms with E-state index in [0.717, 1.165) is 5.56 Å². The Bertz CT molecular complexity index is 644. The number of aliphatic hydroxyl groups is 1. The molecule has 6 nitrogen and oxygen atoms in total. The third-order valence-corrected chi connectivity index (χ3v) is 9.95. The molecule has 1 aromatic carbocycles. The van der Waals surface area contributed by atoms with Gasteiger partial charge in [-0.1, -0.05) is 51.1 Å². The lowest BCUT2D eigenvalue weighted by molar-refractivity contribution is -0.136. The predicted octanol–water partition coefficient (Wildman–Crippen LogP) is 3.26. The molecule has 0 aliphatic carbocycles. The quantitative estimate of drug-likeness (QED) is 0.642. The summed E-state index contributed by atoms with van der Waals surface area (Å²) in [5.41, 5.74) is -0.675. The molecule has 0 spiro atoms. The maximum absolute atomic E-state index is 13.0. The van der Waals surface area contributed by atoms with E-state index in [2.05, 4.69) is 25.9 Å². The first-order valence-electron chi connectivity index (χ1n) is 8.50. The van der Waals surface area contributed by atoms with E-state index in [1.807, 2.05) is 43.4 Å². The minimum atomic E-state index is -2.30. The van der Waals surface area contributed by atoms with Gasteiger partial charge in [-0.15, -0.1) is 4.91 Å². The molecule has 1 aliphatic rings. The minimum absolute atomic E-state index is 0.120. The van der Waals surface area contributed by atoms with Crippen LogP contribution in [0.5, 0.6) is 0 Å². The predicted molar refractivity (Wildman–Crippen MR) is 99.3 cm³/mol. The topological polar surface area (TPSA) is 79.2 Å². The van der Waals surface area contributed by atoms with Gasteiger partial charge in [0.25, 0.3) is 5.91 Å². The molecule has 0 saturated carbocycles. The molecule has 1 N–H and O–H groups in total. The zero-order chi connectivity index (χ0) is 19.0. The molecule has 1 aromatic rings. The molecule has 0 bridgehead atoms. The number of carbonyl (C=O) groups is 1. The molecule has 1 saturated heterocycles. The van der Waals surface area contributed by atoms with Gasteiger partial charge >= 0.3 is 0 Å². The highest BCUT2D eigenvalue weighted by Crippen LogP contribution is 2.41. The summed E-state index contributed by atoms with van der Waals surface area (Å²) in [5.74, 6) is -0.386. The minimum Gasteiger partial charge on any atom is -0.403 e. The standard InChI is InChI=1S/C18H28N2O4Si/c1-17(2,3)25(5,6)24-14-15(21)18(4,19-23)20(16(14)22)12-13-10-8-7-9-11-13/h7-11,14-15,21H,12H2,1-6H3/t14?,15-,18?/m1/s1. The second-order valence-electron chi connectivity index (χ2n) is 8.34. The van der Waals surface area contributed by atoms with Crippen molar-refractivity contribution in [3.05, 3.63) is 40.8 Å². The van der Waals surface area contributed by atoms with Crippen LogP contribution in [0.25, 0.3) is 0 Å². The summed E-state index contributed by atoms with van der Waals surface area (Å²) >= 11 is 0. The van der Waals surface area contributed by atoms with Crippen molar-refractivity contribution in [1.82, 2.24) is 4.90 Å². The Kier molecular flexibility index (Phi) is 5.23. The number of nitrogens with zero attached hydrogens (tertiary/aromatic N) is 2. The van der Waals surface area contributed by atoms with E-state index in [9.17, 15) is 14.8 Å². The molecule has 3 atom stereocenters. The Labute approximate surface area is 150 Å². The van der Waals surface area contributed by atoms with Gasteiger partial charge in [0, 0.05) is 6.54 Å². The average Bonchev–Trinajstić information content (AvgIpc) is 2.70. The van der Waals surface area contributed by atoms with Gasteiger partial charge in [-0.05, 0) is 35.8 Å². The van der Waals surface area contributed by atoms with Gasteiger partial charge in [-0.3, -0.25) is 4.79 Å². The molecule has 138 valence electrons.